The molecule has 0 bridgehead atoms. The molecule has 1 aromatic rings. The Labute approximate surface area is 134 Å². The largest absolute Gasteiger partial charge is 0.389 e. The van der Waals surface area contributed by atoms with Crippen molar-refractivity contribution in [1.29, 1.82) is 0 Å². The predicted molar refractivity (Wildman–Crippen MR) is 91.5 cm³/mol. The molecule has 1 atom stereocenters. The topological polar surface area (TPSA) is 38.5 Å². The number of anilines is 1. The van der Waals surface area contributed by atoms with Gasteiger partial charge < -0.3 is 15.4 Å². The average Bonchev–Trinajstić information content (AvgIpc) is 2.45. The lowest BCUT2D eigenvalue weighted by molar-refractivity contribution is 0.0440. The third-order valence-corrected chi connectivity index (χ3v) is 4.38. The Balaban J connectivity index is 2.08. The smallest absolute Gasteiger partial charge is 0.104 e. The van der Waals surface area contributed by atoms with Crippen molar-refractivity contribution in [1.82, 2.24) is 0 Å². The summed E-state index contributed by atoms with van der Waals surface area (Å²) >= 11 is 8.64. The van der Waals surface area contributed by atoms with Gasteiger partial charge in [-0.25, -0.2) is 0 Å². The first-order valence-corrected chi connectivity index (χ1v) is 8.28. The highest BCUT2D eigenvalue weighted by Gasteiger charge is 2.22. The van der Waals surface area contributed by atoms with Crippen molar-refractivity contribution in [2.45, 2.75) is 32.3 Å². The van der Waals surface area contributed by atoms with Crippen LogP contribution < -0.4 is 10.6 Å². The fourth-order valence-electron chi connectivity index (χ4n) is 2.49. The zero-order valence-corrected chi connectivity index (χ0v) is 14.2. The number of rotatable bonds is 5. The van der Waals surface area contributed by atoms with Crippen LogP contribution in [0.2, 0.25) is 0 Å². The molecule has 2 rings (SSSR count). The SMILES string of the molecule is CCCOC1CCCN(c2ccc(C(N)=S)cc2Br)C1. The van der Waals surface area contributed by atoms with E-state index in [2.05, 4.69) is 33.8 Å². The highest BCUT2D eigenvalue weighted by molar-refractivity contribution is 9.10. The van der Waals surface area contributed by atoms with Crippen molar-refractivity contribution in [2.75, 3.05) is 24.6 Å². The van der Waals surface area contributed by atoms with E-state index in [1.54, 1.807) is 0 Å². The summed E-state index contributed by atoms with van der Waals surface area (Å²) in [6.45, 7) is 5.01. The van der Waals surface area contributed by atoms with E-state index in [9.17, 15) is 0 Å². The van der Waals surface area contributed by atoms with Crippen LogP contribution >= 0.6 is 28.1 Å². The second-order valence-electron chi connectivity index (χ2n) is 5.11. The maximum absolute atomic E-state index is 5.89. The second kappa shape index (κ2) is 7.38. The van der Waals surface area contributed by atoms with E-state index in [0.717, 1.165) is 49.0 Å². The quantitative estimate of drug-likeness (QED) is 0.819. The molecular weight excluding hydrogens is 336 g/mol. The van der Waals surface area contributed by atoms with E-state index in [0.29, 0.717) is 11.1 Å². The van der Waals surface area contributed by atoms with Crippen LogP contribution in [-0.4, -0.2) is 30.8 Å². The molecule has 1 unspecified atom stereocenters. The van der Waals surface area contributed by atoms with Gasteiger partial charge in [-0.2, -0.15) is 0 Å². The van der Waals surface area contributed by atoms with Crippen LogP contribution in [0.5, 0.6) is 0 Å². The van der Waals surface area contributed by atoms with Crippen molar-refractivity contribution < 1.29 is 4.74 Å². The van der Waals surface area contributed by atoms with Crippen molar-refractivity contribution in [2.24, 2.45) is 5.73 Å². The zero-order chi connectivity index (χ0) is 14.5. The minimum atomic E-state index is 0.339. The predicted octanol–water partition coefficient (Wildman–Crippen LogP) is 3.48. The molecule has 0 spiro atoms. The number of hydrogen-bond donors (Lipinski definition) is 1. The molecule has 1 heterocycles. The number of benzene rings is 1. The fourth-order valence-corrected chi connectivity index (χ4v) is 3.25. The Morgan fingerprint density at radius 1 is 1.55 bits per heavy atom. The molecular formula is C15H21BrN2OS. The first-order chi connectivity index (χ1) is 9.61. The van der Waals surface area contributed by atoms with E-state index in [1.165, 1.54) is 5.69 Å². The molecule has 5 heteroatoms. The number of ether oxygens (including phenoxy) is 1. The Bertz CT molecular complexity index is 481. The maximum Gasteiger partial charge on any atom is 0.104 e. The summed E-state index contributed by atoms with van der Waals surface area (Å²) in [6, 6.07) is 6.06. The lowest BCUT2D eigenvalue weighted by Gasteiger charge is -2.35. The van der Waals surface area contributed by atoms with Gasteiger partial charge in [0.1, 0.15) is 4.99 Å². The van der Waals surface area contributed by atoms with Crippen LogP contribution in [0.15, 0.2) is 22.7 Å². The molecule has 2 N–H and O–H groups in total. The number of thiocarbonyl (C=S) groups is 1. The average molecular weight is 357 g/mol. The molecule has 0 radical (unpaired) electrons. The van der Waals surface area contributed by atoms with Crippen molar-refractivity contribution in [3.05, 3.63) is 28.2 Å². The third-order valence-electron chi connectivity index (χ3n) is 3.51. The molecule has 0 saturated carbocycles. The minimum Gasteiger partial charge on any atom is -0.389 e. The summed E-state index contributed by atoms with van der Waals surface area (Å²) in [7, 11) is 0. The Kier molecular flexibility index (Phi) is 5.81. The van der Waals surface area contributed by atoms with E-state index < -0.39 is 0 Å². The van der Waals surface area contributed by atoms with Gasteiger partial charge in [0.25, 0.3) is 0 Å². The Hall–Kier alpha value is -0.650. The summed E-state index contributed by atoms with van der Waals surface area (Å²) in [5.74, 6) is 0. The summed E-state index contributed by atoms with van der Waals surface area (Å²) in [4.78, 5) is 2.80. The maximum atomic E-state index is 5.89. The number of halogens is 1. The number of nitrogens with zero attached hydrogens (tertiary/aromatic N) is 1. The normalized spacial score (nSPS) is 19.1. The lowest BCUT2D eigenvalue weighted by atomic mass is 10.1. The van der Waals surface area contributed by atoms with Crippen molar-refractivity contribution >= 4 is 38.8 Å². The minimum absolute atomic E-state index is 0.339. The van der Waals surface area contributed by atoms with Gasteiger partial charge in [-0.05, 0) is 53.4 Å². The molecule has 3 nitrogen and oxygen atoms in total. The first kappa shape index (κ1) is 15.7. The molecule has 1 saturated heterocycles. The number of nitrogens with two attached hydrogens (primary N) is 1. The fraction of sp³-hybridized carbons (Fsp3) is 0.533. The molecule has 1 aliphatic heterocycles. The third kappa shape index (κ3) is 3.93. The number of piperidine rings is 1. The van der Waals surface area contributed by atoms with Gasteiger partial charge >= 0.3 is 0 Å². The van der Waals surface area contributed by atoms with Crippen molar-refractivity contribution in [3.8, 4) is 0 Å². The van der Waals surface area contributed by atoms with Gasteiger partial charge in [-0.15, -0.1) is 0 Å². The van der Waals surface area contributed by atoms with Gasteiger partial charge in [-0.1, -0.05) is 19.1 Å². The van der Waals surface area contributed by atoms with Gasteiger partial charge in [-0.3, -0.25) is 0 Å². The molecule has 1 aliphatic rings. The molecule has 0 aliphatic carbocycles. The molecule has 0 amide bonds. The molecule has 0 aromatic heterocycles. The van der Waals surface area contributed by atoms with Crippen LogP contribution in [0.3, 0.4) is 0 Å². The van der Waals surface area contributed by atoms with Gasteiger partial charge in [0.2, 0.25) is 0 Å². The van der Waals surface area contributed by atoms with Gasteiger partial charge in [0, 0.05) is 29.7 Å². The highest BCUT2D eigenvalue weighted by Crippen LogP contribution is 2.30. The molecule has 20 heavy (non-hydrogen) atoms. The second-order valence-corrected chi connectivity index (χ2v) is 6.41. The van der Waals surface area contributed by atoms with E-state index in [-0.39, 0.29) is 0 Å². The Morgan fingerprint density at radius 3 is 3.00 bits per heavy atom. The monoisotopic (exact) mass is 356 g/mol. The van der Waals surface area contributed by atoms with Crippen LogP contribution in [0, 0.1) is 0 Å². The van der Waals surface area contributed by atoms with Crippen LogP contribution in [0.1, 0.15) is 31.7 Å². The van der Waals surface area contributed by atoms with Gasteiger partial charge in [0.15, 0.2) is 0 Å². The summed E-state index contributed by atoms with van der Waals surface area (Å²) < 4.78 is 6.93. The first-order valence-electron chi connectivity index (χ1n) is 7.07. The van der Waals surface area contributed by atoms with Crippen LogP contribution in [-0.2, 0) is 4.74 Å². The van der Waals surface area contributed by atoms with E-state index in [1.807, 2.05) is 12.1 Å². The lowest BCUT2D eigenvalue weighted by Crippen LogP contribution is -2.40. The summed E-state index contributed by atoms with van der Waals surface area (Å²) in [5.41, 5.74) is 7.75. The zero-order valence-electron chi connectivity index (χ0n) is 11.8. The Morgan fingerprint density at radius 2 is 2.35 bits per heavy atom. The molecule has 1 fully saturated rings. The standard InChI is InChI=1S/C15H21BrN2OS/c1-2-8-19-12-4-3-7-18(10-12)14-6-5-11(15(17)20)9-13(14)16/h5-6,9,12H,2-4,7-8,10H2,1H3,(H2,17,20). The van der Waals surface area contributed by atoms with Gasteiger partial charge in [0.05, 0.1) is 11.8 Å². The molecule has 110 valence electrons. The highest BCUT2D eigenvalue weighted by atomic mass is 79.9. The van der Waals surface area contributed by atoms with Crippen molar-refractivity contribution in [3.63, 3.8) is 0 Å². The number of hydrogen-bond acceptors (Lipinski definition) is 3. The van der Waals surface area contributed by atoms with Crippen LogP contribution in [0.25, 0.3) is 0 Å². The summed E-state index contributed by atoms with van der Waals surface area (Å²) in [6.07, 6.45) is 3.73. The van der Waals surface area contributed by atoms with E-state index >= 15 is 0 Å². The van der Waals surface area contributed by atoms with E-state index in [4.69, 9.17) is 22.7 Å². The molecule has 1 aromatic carbocycles. The summed E-state index contributed by atoms with van der Waals surface area (Å²) in [5, 5.41) is 0. The van der Waals surface area contributed by atoms with Crippen LogP contribution in [0.4, 0.5) is 5.69 Å².